The highest BCUT2D eigenvalue weighted by atomic mass is 15.3. The number of nitrogens with zero attached hydrogens (tertiary/aromatic N) is 3. The maximum atomic E-state index is 5.64. The van der Waals surface area contributed by atoms with Crippen molar-refractivity contribution in [1.82, 2.24) is 9.88 Å². The van der Waals surface area contributed by atoms with Gasteiger partial charge in [-0.1, -0.05) is 0 Å². The van der Waals surface area contributed by atoms with E-state index in [9.17, 15) is 0 Å². The molecule has 0 aromatic carbocycles. The number of aryl methyl sites for hydroxylation is 1. The van der Waals surface area contributed by atoms with Gasteiger partial charge in [0.25, 0.3) is 0 Å². The lowest BCUT2D eigenvalue weighted by Gasteiger charge is -2.38. The molecule has 1 aliphatic rings. The van der Waals surface area contributed by atoms with Crippen molar-refractivity contribution < 1.29 is 0 Å². The number of rotatable bonds is 3. The van der Waals surface area contributed by atoms with Gasteiger partial charge in [-0.2, -0.15) is 0 Å². The molecule has 1 aromatic rings. The fourth-order valence-electron chi connectivity index (χ4n) is 2.52. The molecule has 100 valence electrons. The third kappa shape index (κ3) is 2.82. The normalized spacial score (nSPS) is 17.5. The molecular formula is C14H24N4. The van der Waals surface area contributed by atoms with Gasteiger partial charge in [-0.25, -0.2) is 4.98 Å². The zero-order valence-corrected chi connectivity index (χ0v) is 11.7. The van der Waals surface area contributed by atoms with Crippen molar-refractivity contribution in [1.29, 1.82) is 0 Å². The minimum atomic E-state index is 0.565. The highest BCUT2D eigenvalue weighted by molar-refractivity contribution is 5.47. The van der Waals surface area contributed by atoms with E-state index < -0.39 is 0 Å². The van der Waals surface area contributed by atoms with Gasteiger partial charge in [0.15, 0.2) is 0 Å². The van der Waals surface area contributed by atoms with Gasteiger partial charge in [0.2, 0.25) is 0 Å². The Morgan fingerprint density at radius 1 is 1.28 bits per heavy atom. The summed E-state index contributed by atoms with van der Waals surface area (Å²) in [5.41, 5.74) is 7.98. The third-order valence-electron chi connectivity index (χ3n) is 3.69. The average Bonchev–Trinajstić information content (AvgIpc) is 2.38. The molecule has 1 fully saturated rings. The van der Waals surface area contributed by atoms with Crippen LogP contribution in [0.25, 0.3) is 0 Å². The Bertz CT molecular complexity index is 395. The number of hydrogen-bond acceptors (Lipinski definition) is 4. The fraction of sp³-hybridized carbons (Fsp3) is 0.643. The lowest BCUT2D eigenvalue weighted by Crippen LogP contribution is -2.49. The minimum Gasteiger partial charge on any atom is -0.354 e. The summed E-state index contributed by atoms with van der Waals surface area (Å²) in [4.78, 5) is 9.47. The van der Waals surface area contributed by atoms with Crippen LogP contribution in [-0.4, -0.2) is 42.1 Å². The molecule has 0 saturated carbocycles. The minimum absolute atomic E-state index is 0.565. The number of hydrogen-bond donors (Lipinski definition) is 1. The van der Waals surface area contributed by atoms with Crippen LogP contribution >= 0.6 is 0 Å². The second-order valence-corrected chi connectivity index (χ2v) is 5.30. The fourth-order valence-corrected chi connectivity index (χ4v) is 2.52. The first-order chi connectivity index (χ1) is 8.61. The predicted molar refractivity (Wildman–Crippen MR) is 75.8 cm³/mol. The van der Waals surface area contributed by atoms with E-state index in [0.717, 1.165) is 37.6 Å². The summed E-state index contributed by atoms with van der Waals surface area (Å²) in [6.45, 7) is 11.6. The molecule has 1 saturated heterocycles. The molecule has 2 N–H and O–H groups in total. The van der Waals surface area contributed by atoms with Gasteiger partial charge in [0.05, 0.1) is 0 Å². The smallest absolute Gasteiger partial charge is 0.131 e. The van der Waals surface area contributed by atoms with Crippen LogP contribution in [0.5, 0.6) is 0 Å². The zero-order chi connectivity index (χ0) is 13.1. The van der Waals surface area contributed by atoms with Crippen LogP contribution in [0.1, 0.15) is 25.0 Å². The Labute approximate surface area is 110 Å². The number of piperazine rings is 1. The largest absolute Gasteiger partial charge is 0.354 e. The molecule has 0 unspecified atom stereocenters. The first-order valence-corrected chi connectivity index (χ1v) is 6.76. The van der Waals surface area contributed by atoms with Gasteiger partial charge >= 0.3 is 0 Å². The highest BCUT2D eigenvalue weighted by Gasteiger charge is 2.20. The van der Waals surface area contributed by atoms with E-state index >= 15 is 0 Å². The summed E-state index contributed by atoms with van der Waals surface area (Å²) in [5.74, 6) is 1.12. The van der Waals surface area contributed by atoms with E-state index in [2.05, 4.69) is 41.6 Å². The summed E-state index contributed by atoms with van der Waals surface area (Å²) in [5, 5.41) is 0. The van der Waals surface area contributed by atoms with E-state index in [4.69, 9.17) is 5.73 Å². The average molecular weight is 248 g/mol. The Morgan fingerprint density at radius 3 is 2.44 bits per heavy atom. The number of pyridine rings is 1. The molecule has 0 radical (unpaired) electrons. The van der Waals surface area contributed by atoms with Crippen LogP contribution in [0.15, 0.2) is 12.3 Å². The van der Waals surface area contributed by atoms with E-state index in [0.29, 0.717) is 12.6 Å². The third-order valence-corrected chi connectivity index (χ3v) is 3.69. The SMILES string of the molecule is Cc1cc(CN)cnc1N1CCN(C(C)C)CC1. The zero-order valence-electron chi connectivity index (χ0n) is 11.7. The molecule has 4 nitrogen and oxygen atoms in total. The summed E-state index contributed by atoms with van der Waals surface area (Å²) in [6, 6.07) is 2.79. The molecule has 1 aliphatic heterocycles. The molecule has 4 heteroatoms. The Balaban J connectivity index is 2.05. The van der Waals surface area contributed by atoms with Crippen molar-refractivity contribution in [2.75, 3.05) is 31.1 Å². The van der Waals surface area contributed by atoms with E-state index in [1.165, 1.54) is 5.56 Å². The van der Waals surface area contributed by atoms with E-state index in [-0.39, 0.29) is 0 Å². The van der Waals surface area contributed by atoms with Crippen molar-refractivity contribution in [3.8, 4) is 0 Å². The monoisotopic (exact) mass is 248 g/mol. The molecule has 18 heavy (non-hydrogen) atoms. The van der Waals surface area contributed by atoms with E-state index in [1.807, 2.05) is 6.20 Å². The van der Waals surface area contributed by atoms with Gasteiger partial charge in [-0.05, 0) is 38.0 Å². The standard InChI is InChI=1S/C14H24N4/c1-11(2)17-4-6-18(7-5-17)14-12(3)8-13(9-15)10-16-14/h8,10-11H,4-7,9,15H2,1-3H3. The first-order valence-electron chi connectivity index (χ1n) is 6.76. The quantitative estimate of drug-likeness (QED) is 0.878. The van der Waals surface area contributed by atoms with Crippen LogP contribution < -0.4 is 10.6 Å². The lowest BCUT2D eigenvalue weighted by molar-refractivity contribution is 0.209. The second kappa shape index (κ2) is 5.67. The Morgan fingerprint density at radius 2 is 1.94 bits per heavy atom. The van der Waals surface area contributed by atoms with Crippen molar-refractivity contribution in [3.05, 3.63) is 23.4 Å². The topological polar surface area (TPSA) is 45.4 Å². The van der Waals surface area contributed by atoms with Crippen LogP contribution in [-0.2, 0) is 6.54 Å². The van der Waals surface area contributed by atoms with Gasteiger partial charge in [0.1, 0.15) is 5.82 Å². The van der Waals surface area contributed by atoms with E-state index in [1.54, 1.807) is 0 Å². The lowest BCUT2D eigenvalue weighted by atomic mass is 10.1. The molecular weight excluding hydrogens is 224 g/mol. The number of aromatic nitrogens is 1. The molecule has 0 bridgehead atoms. The number of anilines is 1. The van der Waals surface area contributed by atoms with Crippen molar-refractivity contribution in [2.45, 2.75) is 33.4 Å². The molecule has 0 spiro atoms. The molecule has 2 rings (SSSR count). The second-order valence-electron chi connectivity index (χ2n) is 5.30. The van der Waals surface area contributed by atoms with Crippen LogP contribution in [0.2, 0.25) is 0 Å². The van der Waals surface area contributed by atoms with Gasteiger partial charge in [-0.15, -0.1) is 0 Å². The summed E-state index contributed by atoms with van der Waals surface area (Å²) in [6.07, 6.45) is 1.90. The van der Waals surface area contributed by atoms with Crippen molar-refractivity contribution >= 4 is 5.82 Å². The number of nitrogens with two attached hydrogens (primary N) is 1. The summed E-state index contributed by atoms with van der Waals surface area (Å²) in [7, 11) is 0. The highest BCUT2D eigenvalue weighted by Crippen LogP contribution is 2.20. The molecule has 0 atom stereocenters. The van der Waals surface area contributed by atoms with Gasteiger partial charge in [-0.3, -0.25) is 4.90 Å². The Kier molecular flexibility index (Phi) is 4.19. The summed E-state index contributed by atoms with van der Waals surface area (Å²) < 4.78 is 0. The van der Waals surface area contributed by atoms with Gasteiger partial charge < -0.3 is 10.6 Å². The van der Waals surface area contributed by atoms with Crippen LogP contribution in [0.3, 0.4) is 0 Å². The maximum Gasteiger partial charge on any atom is 0.131 e. The maximum absolute atomic E-state index is 5.64. The van der Waals surface area contributed by atoms with Crippen LogP contribution in [0.4, 0.5) is 5.82 Å². The molecule has 2 heterocycles. The van der Waals surface area contributed by atoms with Gasteiger partial charge in [0, 0.05) is 45.0 Å². The van der Waals surface area contributed by atoms with Crippen molar-refractivity contribution in [2.24, 2.45) is 5.73 Å². The molecule has 0 amide bonds. The summed E-state index contributed by atoms with van der Waals surface area (Å²) >= 11 is 0. The first kappa shape index (κ1) is 13.3. The molecule has 1 aromatic heterocycles. The van der Waals surface area contributed by atoms with Crippen LogP contribution in [0, 0.1) is 6.92 Å². The van der Waals surface area contributed by atoms with Crippen molar-refractivity contribution in [3.63, 3.8) is 0 Å². The predicted octanol–water partition coefficient (Wildman–Crippen LogP) is 1.38. The Hall–Kier alpha value is -1.13. The molecule has 0 aliphatic carbocycles.